The van der Waals surface area contributed by atoms with Crippen molar-refractivity contribution in [2.24, 2.45) is 0 Å². The second-order valence-corrected chi connectivity index (χ2v) is 4.20. The van der Waals surface area contributed by atoms with Crippen LogP contribution in [0.1, 0.15) is 5.56 Å². The van der Waals surface area contributed by atoms with Crippen LogP contribution in [0.4, 0.5) is 0 Å². The highest BCUT2D eigenvalue weighted by Gasteiger charge is 1.97. The van der Waals surface area contributed by atoms with Gasteiger partial charge in [0, 0.05) is 6.54 Å². The molecule has 108 valence electrons. The maximum Gasteiger partial charge on any atom is 0.120 e. The molecule has 0 saturated heterocycles. The highest BCUT2D eigenvalue weighted by molar-refractivity contribution is 5.85. The van der Waals surface area contributed by atoms with Gasteiger partial charge in [0.2, 0.25) is 0 Å². The van der Waals surface area contributed by atoms with Crippen LogP contribution in [-0.2, 0) is 6.61 Å². The minimum atomic E-state index is 0. The number of hydrogen-bond acceptors (Lipinski definition) is 3. The average Bonchev–Trinajstić information content (AvgIpc) is 2.48. The van der Waals surface area contributed by atoms with Gasteiger partial charge >= 0.3 is 0 Å². The summed E-state index contributed by atoms with van der Waals surface area (Å²) >= 11 is 0. The number of rotatable bonds is 7. The molecule has 4 heteroatoms. The van der Waals surface area contributed by atoms with Gasteiger partial charge in [0.25, 0.3) is 0 Å². The Morgan fingerprint density at radius 1 is 0.850 bits per heavy atom. The van der Waals surface area contributed by atoms with E-state index in [0.29, 0.717) is 13.2 Å². The Bertz CT molecular complexity index is 474. The van der Waals surface area contributed by atoms with E-state index in [0.717, 1.165) is 23.6 Å². The van der Waals surface area contributed by atoms with Crippen molar-refractivity contribution in [1.29, 1.82) is 0 Å². The number of halogens is 1. The molecule has 2 aromatic rings. The molecule has 0 amide bonds. The summed E-state index contributed by atoms with van der Waals surface area (Å²) in [5, 5.41) is 3.04. The van der Waals surface area contributed by atoms with Crippen LogP contribution in [-0.4, -0.2) is 20.2 Å². The first kappa shape index (κ1) is 16.3. The minimum absolute atomic E-state index is 0. The van der Waals surface area contributed by atoms with Crippen LogP contribution in [0.5, 0.6) is 11.5 Å². The van der Waals surface area contributed by atoms with Gasteiger partial charge in [-0.05, 0) is 36.9 Å². The number of likely N-dealkylation sites (N-methyl/N-ethyl adjacent to an activating group) is 1. The molecule has 0 aliphatic carbocycles. The Kier molecular flexibility index (Phi) is 7.55. The molecule has 0 aliphatic rings. The van der Waals surface area contributed by atoms with E-state index < -0.39 is 0 Å². The lowest BCUT2D eigenvalue weighted by atomic mass is 10.2. The minimum Gasteiger partial charge on any atom is -0.492 e. The van der Waals surface area contributed by atoms with Crippen LogP contribution in [0, 0.1) is 0 Å². The first-order valence-electron chi connectivity index (χ1n) is 6.42. The molecule has 0 radical (unpaired) electrons. The second kappa shape index (κ2) is 9.23. The quantitative estimate of drug-likeness (QED) is 0.795. The number of nitrogens with one attached hydrogen (secondary N) is 1. The lowest BCUT2D eigenvalue weighted by Gasteiger charge is -2.08. The first-order valence-corrected chi connectivity index (χ1v) is 6.42. The maximum atomic E-state index is 5.70. The van der Waals surface area contributed by atoms with E-state index in [4.69, 9.17) is 9.47 Å². The summed E-state index contributed by atoms with van der Waals surface area (Å²) in [5.41, 5.74) is 1.16. The van der Waals surface area contributed by atoms with Crippen LogP contribution in [0.2, 0.25) is 0 Å². The fourth-order valence-corrected chi connectivity index (χ4v) is 1.64. The van der Waals surface area contributed by atoms with Crippen molar-refractivity contribution in [2.45, 2.75) is 6.61 Å². The number of hydrogen-bond donors (Lipinski definition) is 1. The van der Waals surface area contributed by atoms with Gasteiger partial charge in [-0.25, -0.2) is 0 Å². The lowest BCUT2D eigenvalue weighted by molar-refractivity contribution is 0.301. The summed E-state index contributed by atoms with van der Waals surface area (Å²) < 4.78 is 11.3. The van der Waals surface area contributed by atoms with Crippen molar-refractivity contribution >= 4 is 12.4 Å². The van der Waals surface area contributed by atoms with Crippen molar-refractivity contribution in [3.8, 4) is 11.5 Å². The van der Waals surface area contributed by atoms with Crippen LogP contribution in [0.25, 0.3) is 0 Å². The summed E-state index contributed by atoms with van der Waals surface area (Å²) in [6.45, 7) is 2.09. The molecule has 0 saturated carbocycles. The third kappa shape index (κ3) is 5.51. The largest absolute Gasteiger partial charge is 0.492 e. The topological polar surface area (TPSA) is 30.5 Å². The van der Waals surface area contributed by atoms with Crippen molar-refractivity contribution < 1.29 is 9.47 Å². The zero-order chi connectivity index (χ0) is 13.3. The Morgan fingerprint density at radius 2 is 1.45 bits per heavy atom. The maximum absolute atomic E-state index is 5.70. The smallest absolute Gasteiger partial charge is 0.120 e. The Hall–Kier alpha value is -1.71. The second-order valence-electron chi connectivity index (χ2n) is 4.20. The van der Waals surface area contributed by atoms with Crippen molar-refractivity contribution in [2.75, 3.05) is 20.2 Å². The Labute approximate surface area is 126 Å². The van der Waals surface area contributed by atoms with E-state index in [1.165, 1.54) is 0 Å². The van der Waals surface area contributed by atoms with Crippen LogP contribution in [0.15, 0.2) is 54.6 Å². The first-order chi connectivity index (χ1) is 9.38. The predicted molar refractivity (Wildman–Crippen MR) is 83.9 cm³/mol. The molecule has 0 fully saturated rings. The molecular weight excluding hydrogens is 274 g/mol. The molecule has 0 atom stereocenters. The Balaban J connectivity index is 0.00000200. The van der Waals surface area contributed by atoms with Gasteiger partial charge in [0.1, 0.15) is 24.7 Å². The van der Waals surface area contributed by atoms with E-state index in [9.17, 15) is 0 Å². The molecule has 0 spiro atoms. The van der Waals surface area contributed by atoms with Crippen LogP contribution >= 0.6 is 12.4 Å². The van der Waals surface area contributed by atoms with Gasteiger partial charge in [-0.1, -0.05) is 30.3 Å². The molecular formula is C16H20ClNO2. The molecule has 0 bridgehead atoms. The van der Waals surface area contributed by atoms with Gasteiger partial charge < -0.3 is 14.8 Å². The molecule has 3 nitrogen and oxygen atoms in total. The third-order valence-corrected chi connectivity index (χ3v) is 2.69. The van der Waals surface area contributed by atoms with Gasteiger partial charge in [0.05, 0.1) is 0 Å². The zero-order valence-corrected chi connectivity index (χ0v) is 12.4. The summed E-state index contributed by atoms with van der Waals surface area (Å²) in [7, 11) is 1.91. The Morgan fingerprint density at radius 3 is 2.05 bits per heavy atom. The third-order valence-electron chi connectivity index (χ3n) is 2.69. The molecule has 0 heterocycles. The highest BCUT2D eigenvalue weighted by Crippen LogP contribution is 2.18. The van der Waals surface area contributed by atoms with E-state index in [1.54, 1.807) is 0 Å². The standard InChI is InChI=1S/C16H19NO2.ClH/c1-17-11-12-18-15-7-9-16(10-8-15)19-13-14-5-3-2-4-6-14;/h2-10,17H,11-13H2,1H3;1H. The molecule has 20 heavy (non-hydrogen) atoms. The summed E-state index contributed by atoms with van der Waals surface area (Å²) in [5.74, 6) is 1.71. The molecule has 1 N–H and O–H groups in total. The summed E-state index contributed by atoms with van der Waals surface area (Å²) in [6.07, 6.45) is 0. The fourth-order valence-electron chi connectivity index (χ4n) is 1.64. The van der Waals surface area contributed by atoms with Crippen LogP contribution < -0.4 is 14.8 Å². The van der Waals surface area contributed by atoms with Gasteiger partial charge in [-0.2, -0.15) is 0 Å². The molecule has 0 aromatic heterocycles. The number of ether oxygens (including phenoxy) is 2. The van der Waals surface area contributed by atoms with Gasteiger partial charge in [0.15, 0.2) is 0 Å². The van der Waals surface area contributed by atoms with Gasteiger partial charge in [-0.3, -0.25) is 0 Å². The molecule has 0 aliphatic heterocycles. The fraction of sp³-hybridized carbons (Fsp3) is 0.250. The molecule has 2 rings (SSSR count). The van der Waals surface area contributed by atoms with E-state index in [1.807, 2.05) is 49.5 Å². The van der Waals surface area contributed by atoms with E-state index in [2.05, 4.69) is 17.4 Å². The van der Waals surface area contributed by atoms with Crippen molar-refractivity contribution in [1.82, 2.24) is 5.32 Å². The van der Waals surface area contributed by atoms with Gasteiger partial charge in [-0.15, -0.1) is 12.4 Å². The molecule has 0 unspecified atom stereocenters. The predicted octanol–water partition coefficient (Wildman–Crippen LogP) is 3.29. The average molecular weight is 294 g/mol. The normalized spacial score (nSPS) is 9.65. The summed E-state index contributed by atoms with van der Waals surface area (Å²) in [6, 6.07) is 17.8. The van der Waals surface area contributed by atoms with E-state index >= 15 is 0 Å². The zero-order valence-electron chi connectivity index (χ0n) is 11.5. The number of benzene rings is 2. The van der Waals surface area contributed by atoms with Crippen molar-refractivity contribution in [3.63, 3.8) is 0 Å². The lowest BCUT2D eigenvalue weighted by Crippen LogP contribution is -2.15. The SMILES string of the molecule is CNCCOc1ccc(OCc2ccccc2)cc1.Cl. The van der Waals surface area contributed by atoms with Crippen LogP contribution in [0.3, 0.4) is 0 Å². The highest BCUT2D eigenvalue weighted by atomic mass is 35.5. The monoisotopic (exact) mass is 293 g/mol. The van der Waals surface area contributed by atoms with Crippen molar-refractivity contribution in [3.05, 3.63) is 60.2 Å². The summed E-state index contributed by atoms with van der Waals surface area (Å²) in [4.78, 5) is 0. The van der Waals surface area contributed by atoms with E-state index in [-0.39, 0.29) is 12.4 Å². The molecule has 2 aromatic carbocycles.